The van der Waals surface area contributed by atoms with E-state index in [0.717, 1.165) is 32.5 Å². The predicted molar refractivity (Wildman–Crippen MR) is 100 cm³/mol. The summed E-state index contributed by atoms with van der Waals surface area (Å²) in [5.74, 6) is -0.261. The fourth-order valence-corrected chi connectivity index (χ4v) is 4.14. The Morgan fingerprint density at radius 3 is 2.62 bits per heavy atom. The molecule has 2 saturated heterocycles. The van der Waals surface area contributed by atoms with E-state index in [9.17, 15) is 9.59 Å². The van der Waals surface area contributed by atoms with Gasteiger partial charge < -0.3 is 14.8 Å². The molecule has 2 fully saturated rings. The summed E-state index contributed by atoms with van der Waals surface area (Å²) in [4.78, 5) is 39.2. The number of rotatable bonds is 1. The molecule has 1 aromatic heterocycles. The Kier molecular flexibility index (Phi) is 4.28. The number of benzene rings is 1. The number of carbonyl (C=O) groups is 1. The summed E-state index contributed by atoms with van der Waals surface area (Å²) in [5, 5.41) is 0. The summed E-state index contributed by atoms with van der Waals surface area (Å²) in [7, 11) is 4.28. The number of piperidine rings is 1. The first-order valence-corrected chi connectivity index (χ1v) is 9.17. The van der Waals surface area contributed by atoms with Crippen LogP contribution in [0.25, 0.3) is 11.0 Å². The summed E-state index contributed by atoms with van der Waals surface area (Å²) < 4.78 is 0. The van der Waals surface area contributed by atoms with Crippen LogP contribution < -0.4 is 5.56 Å². The molecule has 7 nitrogen and oxygen atoms in total. The maximum absolute atomic E-state index is 13.1. The van der Waals surface area contributed by atoms with E-state index in [1.54, 1.807) is 6.07 Å². The van der Waals surface area contributed by atoms with Crippen LogP contribution >= 0.6 is 0 Å². The molecule has 7 heteroatoms. The number of nitrogens with one attached hydrogen (secondary N) is 1. The van der Waals surface area contributed by atoms with Gasteiger partial charge in [-0.3, -0.25) is 14.5 Å². The largest absolute Gasteiger partial charge is 0.334 e. The molecule has 0 radical (unpaired) electrons. The average Bonchev–Trinajstić information content (AvgIpc) is 2.65. The number of aromatic amines is 1. The number of nitrogens with zero attached hydrogens (tertiary/aromatic N) is 4. The van der Waals surface area contributed by atoms with Crippen molar-refractivity contribution < 1.29 is 4.79 Å². The smallest absolute Gasteiger partial charge is 0.280 e. The quantitative estimate of drug-likeness (QED) is 0.818. The molecule has 1 aromatic carbocycles. The molecule has 0 unspecified atom stereocenters. The number of hydrogen-bond acceptors (Lipinski definition) is 5. The fourth-order valence-electron chi connectivity index (χ4n) is 4.14. The molecule has 2 aromatic rings. The topological polar surface area (TPSA) is 72.5 Å². The van der Waals surface area contributed by atoms with Gasteiger partial charge in [-0.1, -0.05) is 12.1 Å². The summed E-state index contributed by atoms with van der Waals surface area (Å²) >= 11 is 0. The first-order valence-electron chi connectivity index (χ1n) is 9.17. The number of H-pyrrole nitrogens is 1. The number of carbonyl (C=O) groups excluding carboxylic acids is 1. The molecule has 0 bridgehead atoms. The van der Waals surface area contributed by atoms with Crippen LogP contribution in [-0.4, -0.2) is 82.9 Å². The molecule has 0 atom stereocenters. The predicted octanol–water partition coefficient (Wildman–Crippen LogP) is 0.775. The maximum atomic E-state index is 13.1. The number of likely N-dealkylation sites (tertiary alicyclic amines) is 1. The molecule has 0 saturated carbocycles. The molecular weight excluding hydrogens is 330 g/mol. The van der Waals surface area contributed by atoms with Crippen LogP contribution in [0.15, 0.2) is 29.1 Å². The third-order valence-electron chi connectivity index (χ3n) is 6.01. The van der Waals surface area contributed by atoms with Crippen LogP contribution in [0, 0.1) is 0 Å². The van der Waals surface area contributed by atoms with Gasteiger partial charge in [0.1, 0.15) is 0 Å². The number of aromatic nitrogens is 2. The van der Waals surface area contributed by atoms with Crippen molar-refractivity contribution in [1.82, 2.24) is 24.7 Å². The highest BCUT2D eigenvalue weighted by molar-refractivity contribution is 5.93. The van der Waals surface area contributed by atoms with Crippen molar-refractivity contribution in [2.75, 3.05) is 46.8 Å². The van der Waals surface area contributed by atoms with Gasteiger partial charge in [-0.2, -0.15) is 0 Å². The minimum atomic E-state index is -0.412. The van der Waals surface area contributed by atoms with E-state index < -0.39 is 5.56 Å². The van der Waals surface area contributed by atoms with Crippen molar-refractivity contribution >= 4 is 16.9 Å². The van der Waals surface area contributed by atoms with E-state index in [-0.39, 0.29) is 17.1 Å². The minimum Gasteiger partial charge on any atom is -0.334 e. The Labute approximate surface area is 152 Å². The zero-order valence-electron chi connectivity index (χ0n) is 15.4. The lowest BCUT2D eigenvalue weighted by molar-refractivity contribution is -0.0172. The molecule has 138 valence electrons. The zero-order chi connectivity index (χ0) is 18.3. The number of amides is 1. The SMILES string of the molecule is CN1CCC2(CC1)CN(C(=O)c1nc3ccccc3[nH]c1=O)CCN2C. The molecule has 1 spiro atoms. The summed E-state index contributed by atoms with van der Waals surface area (Å²) in [6, 6.07) is 7.29. The van der Waals surface area contributed by atoms with Gasteiger partial charge in [0, 0.05) is 25.2 Å². The lowest BCUT2D eigenvalue weighted by Gasteiger charge is -2.52. The average molecular weight is 355 g/mol. The Balaban J connectivity index is 1.62. The van der Waals surface area contributed by atoms with Crippen molar-refractivity contribution in [2.45, 2.75) is 18.4 Å². The van der Waals surface area contributed by atoms with Gasteiger partial charge in [0.05, 0.1) is 11.0 Å². The fraction of sp³-hybridized carbons (Fsp3) is 0.526. The molecule has 1 amide bonds. The Morgan fingerprint density at radius 1 is 1.12 bits per heavy atom. The van der Waals surface area contributed by atoms with Crippen LogP contribution in [0.2, 0.25) is 0 Å². The van der Waals surface area contributed by atoms with E-state index in [1.807, 2.05) is 23.1 Å². The van der Waals surface area contributed by atoms with Gasteiger partial charge >= 0.3 is 0 Å². The Morgan fingerprint density at radius 2 is 1.85 bits per heavy atom. The lowest BCUT2D eigenvalue weighted by Crippen LogP contribution is -2.65. The third kappa shape index (κ3) is 2.91. The molecule has 3 heterocycles. The molecule has 2 aliphatic rings. The van der Waals surface area contributed by atoms with Gasteiger partial charge in [0.15, 0.2) is 5.69 Å². The highest BCUT2D eigenvalue weighted by atomic mass is 16.2. The first kappa shape index (κ1) is 17.2. The monoisotopic (exact) mass is 355 g/mol. The summed E-state index contributed by atoms with van der Waals surface area (Å²) in [6.45, 7) is 4.16. The van der Waals surface area contributed by atoms with Gasteiger partial charge in [0.25, 0.3) is 11.5 Å². The van der Waals surface area contributed by atoms with Crippen molar-refractivity contribution in [3.05, 3.63) is 40.3 Å². The molecule has 1 N–H and O–H groups in total. The number of para-hydroxylation sites is 2. The van der Waals surface area contributed by atoms with Crippen molar-refractivity contribution in [3.63, 3.8) is 0 Å². The molecule has 26 heavy (non-hydrogen) atoms. The van der Waals surface area contributed by atoms with Crippen LogP contribution in [0.4, 0.5) is 0 Å². The molecule has 4 rings (SSSR count). The molecule has 2 aliphatic heterocycles. The summed E-state index contributed by atoms with van der Waals surface area (Å²) in [6.07, 6.45) is 2.07. The second-order valence-corrected chi connectivity index (χ2v) is 7.61. The maximum Gasteiger partial charge on any atom is 0.280 e. The number of fused-ring (bicyclic) bond motifs is 1. The number of hydrogen-bond donors (Lipinski definition) is 1. The third-order valence-corrected chi connectivity index (χ3v) is 6.01. The van der Waals surface area contributed by atoms with Gasteiger partial charge in [-0.25, -0.2) is 4.98 Å². The highest BCUT2D eigenvalue weighted by Gasteiger charge is 2.43. The van der Waals surface area contributed by atoms with E-state index in [2.05, 4.69) is 33.9 Å². The van der Waals surface area contributed by atoms with Crippen LogP contribution in [0.5, 0.6) is 0 Å². The number of likely N-dealkylation sites (N-methyl/N-ethyl adjacent to an activating group) is 1. The number of piperazine rings is 1. The Hall–Kier alpha value is -2.25. The normalized spacial score (nSPS) is 21.4. The Bertz CT molecular complexity index is 885. The minimum absolute atomic E-state index is 0.00340. The van der Waals surface area contributed by atoms with E-state index in [1.165, 1.54) is 0 Å². The van der Waals surface area contributed by atoms with Crippen molar-refractivity contribution in [3.8, 4) is 0 Å². The van der Waals surface area contributed by atoms with Gasteiger partial charge in [-0.15, -0.1) is 0 Å². The van der Waals surface area contributed by atoms with Crippen molar-refractivity contribution in [1.29, 1.82) is 0 Å². The van der Waals surface area contributed by atoms with E-state index >= 15 is 0 Å². The zero-order valence-corrected chi connectivity index (χ0v) is 15.4. The van der Waals surface area contributed by atoms with Crippen LogP contribution in [0.3, 0.4) is 0 Å². The van der Waals surface area contributed by atoms with Gasteiger partial charge in [0.2, 0.25) is 0 Å². The van der Waals surface area contributed by atoms with Crippen molar-refractivity contribution in [2.24, 2.45) is 0 Å². The molecular formula is C19H25N5O2. The second-order valence-electron chi connectivity index (χ2n) is 7.61. The van der Waals surface area contributed by atoms with Crippen LogP contribution in [0.1, 0.15) is 23.3 Å². The first-order chi connectivity index (χ1) is 12.5. The lowest BCUT2D eigenvalue weighted by atomic mass is 9.84. The molecule has 0 aliphatic carbocycles. The van der Waals surface area contributed by atoms with E-state index in [0.29, 0.717) is 24.1 Å². The highest BCUT2D eigenvalue weighted by Crippen LogP contribution is 2.31. The van der Waals surface area contributed by atoms with Crippen LogP contribution in [-0.2, 0) is 0 Å². The second kappa shape index (κ2) is 6.48. The standard InChI is InChI=1S/C19H25N5O2/c1-22-9-7-19(8-10-22)13-24(12-11-23(19)2)18(26)16-17(25)21-15-6-4-3-5-14(15)20-16/h3-6H,7-13H2,1-2H3,(H,21,25). The van der Waals surface area contributed by atoms with Gasteiger partial charge in [-0.05, 0) is 52.2 Å². The summed E-state index contributed by atoms with van der Waals surface area (Å²) in [5.41, 5.74) is 0.878. The van der Waals surface area contributed by atoms with E-state index in [4.69, 9.17) is 0 Å².